The van der Waals surface area contributed by atoms with Gasteiger partial charge in [-0.25, -0.2) is 4.79 Å². The van der Waals surface area contributed by atoms with Gasteiger partial charge in [-0.3, -0.25) is 9.69 Å². The Balaban J connectivity index is 0.000000360. The first kappa shape index (κ1) is 24.5. The van der Waals surface area contributed by atoms with Crippen LogP contribution in [-0.4, -0.2) is 76.0 Å². The van der Waals surface area contributed by atoms with Gasteiger partial charge in [0.2, 0.25) is 0 Å². The maximum atomic E-state index is 12.6. The van der Waals surface area contributed by atoms with Gasteiger partial charge in [-0.05, 0) is 58.9 Å². The van der Waals surface area contributed by atoms with Crippen LogP contribution in [0.15, 0.2) is 4.52 Å². The van der Waals surface area contributed by atoms with Crippen LogP contribution in [0.3, 0.4) is 0 Å². The molecule has 1 unspecified atom stereocenters. The lowest BCUT2D eigenvalue weighted by Crippen LogP contribution is -2.54. The molecule has 0 radical (unpaired) electrons. The van der Waals surface area contributed by atoms with Gasteiger partial charge in [0, 0.05) is 37.3 Å². The molecule has 4 rings (SSSR count). The summed E-state index contributed by atoms with van der Waals surface area (Å²) in [7, 11) is 0. The summed E-state index contributed by atoms with van der Waals surface area (Å²) in [4.78, 5) is 26.1. The van der Waals surface area contributed by atoms with Crippen molar-refractivity contribution in [2.24, 2.45) is 0 Å². The third-order valence-electron chi connectivity index (χ3n) is 6.72. The molecule has 0 aromatic carbocycles. The molecule has 180 valence electrons. The lowest BCUT2D eigenvalue weighted by Gasteiger charge is -2.45. The lowest BCUT2D eigenvalue weighted by molar-refractivity contribution is -0.192. The van der Waals surface area contributed by atoms with Crippen LogP contribution in [0.1, 0.15) is 55.5 Å². The molecule has 1 amide bonds. The Bertz CT molecular complexity index is 793. The molecule has 3 aliphatic heterocycles. The number of hydrogen-bond acceptors (Lipinski definition) is 6. The molecule has 1 N–H and O–H groups in total. The molecular formula is C21H30F3N3O5. The van der Waals surface area contributed by atoms with Crippen molar-refractivity contribution in [2.45, 2.75) is 76.7 Å². The minimum absolute atomic E-state index is 0.184. The number of hydrogen-bond donors (Lipinski definition) is 1. The third-order valence-corrected chi connectivity index (χ3v) is 6.72. The van der Waals surface area contributed by atoms with E-state index in [0.717, 1.165) is 69.9 Å². The van der Waals surface area contributed by atoms with Gasteiger partial charge in [0.1, 0.15) is 11.9 Å². The van der Waals surface area contributed by atoms with E-state index in [0.29, 0.717) is 0 Å². The summed E-state index contributed by atoms with van der Waals surface area (Å²) in [6.07, 6.45) is 1.24. The van der Waals surface area contributed by atoms with Crippen molar-refractivity contribution in [3.05, 3.63) is 17.0 Å². The molecule has 1 aromatic rings. The minimum Gasteiger partial charge on any atom is -0.475 e. The van der Waals surface area contributed by atoms with E-state index in [-0.39, 0.29) is 17.6 Å². The zero-order valence-corrected chi connectivity index (χ0v) is 18.4. The van der Waals surface area contributed by atoms with Gasteiger partial charge in [-0.15, -0.1) is 0 Å². The molecule has 0 saturated carbocycles. The molecule has 1 atom stereocenters. The number of halogens is 3. The first-order valence-corrected chi connectivity index (χ1v) is 10.9. The number of piperidine rings is 1. The second kappa shape index (κ2) is 9.78. The summed E-state index contributed by atoms with van der Waals surface area (Å²) in [5.41, 5.74) is 2.48. The van der Waals surface area contributed by atoms with Crippen LogP contribution in [0.2, 0.25) is 0 Å². The Morgan fingerprint density at radius 3 is 2.31 bits per heavy atom. The van der Waals surface area contributed by atoms with Gasteiger partial charge in [0.15, 0.2) is 0 Å². The van der Waals surface area contributed by atoms with Gasteiger partial charge < -0.3 is 19.3 Å². The number of aryl methyl sites for hydroxylation is 2. The number of likely N-dealkylation sites (tertiary alicyclic amines) is 2. The highest BCUT2D eigenvalue weighted by atomic mass is 19.4. The van der Waals surface area contributed by atoms with Crippen LogP contribution >= 0.6 is 0 Å². The van der Waals surface area contributed by atoms with Crippen LogP contribution < -0.4 is 0 Å². The van der Waals surface area contributed by atoms with Gasteiger partial charge in [0.25, 0.3) is 5.91 Å². The molecule has 32 heavy (non-hydrogen) atoms. The number of ether oxygens (including phenoxy) is 1. The highest BCUT2D eigenvalue weighted by Crippen LogP contribution is 2.40. The highest BCUT2D eigenvalue weighted by Gasteiger charge is 2.45. The molecule has 0 aliphatic carbocycles. The second-order valence-corrected chi connectivity index (χ2v) is 8.68. The summed E-state index contributed by atoms with van der Waals surface area (Å²) in [6.45, 7) is 8.52. The summed E-state index contributed by atoms with van der Waals surface area (Å²) in [6, 6.07) is 0. The normalized spacial score (nSPS) is 23.3. The standard InChI is InChI=1S/C19H29N3O3.C2HF3O2/c1-14-16(15(2)25-20-14)13-22-9-4-6-19(22)7-10-21(11-8-19)18(23)17-5-3-12-24-17;3-2(4,5)1(6)7/h17H,3-13H2,1-2H3;(H,6,7). The Labute approximate surface area is 184 Å². The number of alkyl halides is 3. The van der Waals surface area contributed by atoms with Crippen molar-refractivity contribution >= 4 is 11.9 Å². The summed E-state index contributed by atoms with van der Waals surface area (Å²) in [5.74, 6) is -1.61. The van der Waals surface area contributed by atoms with E-state index >= 15 is 0 Å². The fourth-order valence-electron chi connectivity index (χ4n) is 4.85. The van der Waals surface area contributed by atoms with Crippen molar-refractivity contribution < 1.29 is 37.1 Å². The number of rotatable bonds is 3. The maximum Gasteiger partial charge on any atom is 0.490 e. The van der Waals surface area contributed by atoms with Crippen molar-refractivity contribution in [2.75, 3.05) is 26.2 Å². The van der Waals surface area contributed by atoms with Crippen molar-refractivity contribution in [3.8, 4) is 0 Å². The topological polar surface area (TPSA) is 96.1 Å². The fraction of sp³-hybridized carbons (Fsp3) is 0.762. The number of carboxylic acid groups (broad SMARTS) is 1. The zero-order valence-electron chi connectivity index (χ0n) is 18.4. The number of aromatic nitrogens is 1. The quantitative estimate of drug-likeness (QED) is 0.739. The van der Waals surface area contributed by atoms with Crippen LogP contribution in [0.25, 0.3) is 0 Å². The molecule has 1 spiro atoms. The first-order valence-electron chi connectivity index (χ1n) is 10.9. The van der Waals surface area contributed by atoms with Crippen LogP contribution in [0, 0.1) is 13.8 Å². The molecule has 4 heterocycles. The van der Waals surface area contributed by atoms with Crippen LogP contribution in [-0.2, 0) is 20.9 Å². The molecule has 0 bridgehead atoms. The molecule has 1 aromatic heterocycles. The molecular weight excluding hydrogens is 431 g/mol. The van der Waals surface area contributed by atoms with E-state index in [9.17, 15) is 18.0 Å². The van der Waals surface area contributed by atoms with Crippen LogP contribution in [0.5, 0.6) is 0 Å². The summed E-state index contributed by atoms with van der Waals surface area (Å²) in [5, 5.41) is 11.2. The van der Waals surface area contributed by atoms with Gasteiger partial charge in [0.05, 0.1) is 5.69 Å². The van der Waals surface area contributed by atoms with Crippen LogP contribution in [0.4, 0.5) is 13.2 Å². The largest absolute Gasteiger partial charge is 0.490 e. The molecule has 3 aliphatic rings. The number of carboxylic acids is 1. The smallest absolute Gasteiger partial charge is 0.475 e. The Morgan fingerprint density at radius 2 is 1.81 bits per heavy atom. The highest BCUT2D eigenvalue weighted by molar-refractivity contribution is 5.81. The Morgan fingerprint density at radius 1 is 1.16 bits per heavy atom. The van der Waals surface area contributed by atoms with Gasteiger partial charge >= 0.3 is 12.1 Å². The first-order chi connectivity index (χ1) is 15.0. The average Bonchev–Trinajstić information content (AvgIpc) is 3.47. The number of nitrogens with zero attached hydrogens (tertiary/aromatic N) is 3. The maximum absolute atomic E-state index is 12.6. The molecule has 11 heteroatoms. The van der Waals surface area contributed by atoms with E-state index in [2.05, 4.69) is 10.1 Å². The van der Waals surface area contributed by atoms with Crippen molar-refractivity contribution in [1.82, 2.24) is 15.0 Å². The molecule has 8 nitrogen and oxygen atoms in total. The van der Waals surface area contributed by atoms with E-state index in [4.69, 9.17) is 19.2 Å². The van der Waals surface area contributed by atoms with Crippen molar-refractivity contribution in [1.29, 1.82) is 0 Å². The number of carbonyl (C=O) groups excluding carboxylic acids is 1. The SMILES string of the molecule is Cc1noc(C)c1CN1CCCC12CCN(C(=O)C1CCCO1)CC2.O=C(O)C(F)(F)F. The Kier molecular flexibility index (Phi) is 7.49. The summed E-state index contributed by atoms with van der Waals surface area (Å²) < 4.78 is 42.7. The predicted molar refractivity (Wildman–Crippen MR) is 107 cm³/mol. The monoisotopic (exact) mass is 461 g/mol. The van der Waals surface area contributed by atoms with E-state index in [1.165, 1.54) is 18.4 Å². The number of carbonyl (C=O) groups is 2. The number of amides is 1. The summed E-state index contributed by atoms with van der Waals surface area (Å²) >= 11 is 0. The lowest BCUT2D eigenvalue weighted by atomic mass is 9.84. The van der Waals surface area contributed by atoms with Crippen molar-refractivity contribution in [3.63, 3.8) is 0 Å². The average molecular weight is 461 g/mol. The fourth-order valence-corrected chi connectivity index (χ4v) is 4.85. The zero-order chi connectivity index (χ0) is 23.5. The predicted octanol–water partition coefficient (Wildman–Crippen LogP) is 3.06. The number of aliphatic carboxylic acids is 1. The van der Waals surface area contributed by atoms with E-state index in [1.54, 1.807) is 0 Å². The van der Waals surface area contributed by atoms with E-state index in [1.807, 2.05) is 18.7 Å². The van der Waals surface area contributed by atoms with Gasteiger partial charge in [-0.1, -0.05) is 5.16 Å². The molecule has 3 fully saturated rings. The third kappa shape index (κ3) is 5.43. The second-order valence-electron chi connectivity index (χ2n) is 8.68. The van der Waals surface area contributed by atoms with E-state index < -0.39 is 12.1 Å². The minimum atomic E-state index is -5.08. The Hall–Kier alpha value is -2.14. The van der Waals surface area contributed by atoms with Gasteiger partial charge in [-0.2, -0.15) is 13.2 Å². The molecule has 3 saturated heterocycles.